The highest BCUT2D eigenvalue weighted by Crippen LogP contribution is 2.25. The van der Waals surface area contributed by atoms with Crippen LogP contribution in [0.25, 0.3) is 0 Å². The van der Waals surface area contributed by atoms with Crippen LogP contribution in [0.1, 0.15) is 18.1 Å². The minimum absolute atomic E-state index is 0.266. The van der Waals surface area contributed by atoms with Gasteiger partial charge < -0.3 is 10.2 Å². The number of phenols is 2. The zero-order chi connectivity index (χ0) is 11.5. The molecule has 0 aliphatic carbocycles. The maximum absolute atomic E-state index is 9.20. The van der Waals surface area contributed by atoms with Crippen molar-refractivity contribution in [3.05, 3.63) is 65.6 Å². The molecule has 0 amide bonds. The molecule has 0 saturated carbocycles. The van der Waals surface area contributed by atoms with Gasteiger partial charge in [-0.2, -0.15) is 0 Å². The minimum atomic E-state index is 0.266. The van der Waals surface area contributed by atoms with Crippen LogP contribution in [0.2, 0.25) is 0 Å². The molecule has 0 saturated heterocycles. The standard InChI is InChI=1S/C14H13O2/c1-10(11-2-6-13(15)7-3-11)12-4-8-14(16)9-5-12/h2-9,15-16H,1H3. The Morgan fingerprint density at radius 1 is 0.688 bits per heavy atom. The van der Waals surface area contributed by atoms with Crippen LogP contribution in [0.3, 0.4) is 0 Å². The molecule has 16 heavy (non-hydrogen) atoms. The van der Waals surface area contributed by atoms with Crippen molar-refractivity contribution in [2.45, 2.75) is 6.92 Å². The van der Waals surface area contributed by atoms with Crippen molar-refractivity contribution in [1.29, 1.82) is 0 Å². The molecule has 0 aromatic heterocycles. The Morgan fingerprint density at radius 2 is 1.00 bits per heavy atom. The molecule has 2 N–H and O–H groups in total. The molecule has 2 aromatic rings. The van der Waals surface area contributed by atoms with E-state index >= 15 is 0 Å². The Kier molecular flexibility index (Phi) is 2.82. The van der Waals surface area contributed by atoms with Gasteiger partial charge in [-0.25, -0.2) is 0 Å². The zero-order valence-electron chi connectivity index (χ0n) is 9.01. The lowest BCUT2D eigenvalue weighted by Gasteiger charge is -2.11. The molecule has 81 valence electrons. The summed E-state index contributed by atoms with van der Waals surface area (Å²) in [5, 5.41) is 18.4. The first-order valence-electron chi connectivity index (χ1n) is 5.09. The van der Waals surface area contributed by atoms with E-state index in [0.29, 0.717) is 0 Å². The fraction of sp³-hybridized carbons (Fsp3) is 0.0714. The third-order valence-electron chi connectivity index (χ3n) is 2.60. The third-order valence-corrected chi connectivity index (χ3v) is 2.60. The first-order valence-corrected chi connectivity index (χ1v) is 5.09. The lowest BCUT2D eigenvalue weighted by atomic mass is 9.93. The quantitative estimate of drug-likeness (QED) is 0.804. The maximum Gasteiger partial charge on any atom is 0.115 e. The van der Waals surface area contributed by atoms with Crippen LogP contribution >= 0.6 is 0 Å². The predicted octanol–water partition coefficient (Wildman–Crippen LogP) is 3.09. The van der Waals surface area contributed by atoms with Crippen LogP contribution in [0, 0.1) is 5.92 Å². The number of aromatic hydroxyl groups is 2. The van der Waals surface area contributed by atoms with Gasteiger partial charge in [-0.1, -0.05) is 31.2 Å². The number of benzene rings is 2. The summed E-state index contributed by atoms with van der Waals surface area (Å²) in [6.45, 7) is 2.01. The minimum Gasteiger partial charge on any atom is -0.508 e. The lowest BCUT2D eigenvalue weighted by molar-refractivity contribution is 0.475. The fourth-order valence-electron chi connectivity index (χ4n) is 1.59. The highest BCUT2D eigenvalue weighted by molar-refractivity contribution is 5.46. The van der Waals surface area contributed by atoms with E-state index in [1.807, 2.05) is 31.2 Å². The van der Waals surface area contributed by atoms with E-state index in [0.717, 1.165) is 17.0 Å². The third kappa shape index (κ3) is 2.16. The molecule has 0 aliphatic heterocycles. The molecule has 0 bridgehead atoms. The van der Waals surface area contributed by atoms with E-state index in [2.05, 4.69) is 0 Å². The fourth-order valence-corrected chi connectivity index (χ4v) is 1.59. The molecule has 0 heterocycles. The highest BCUT2D eigenvalue weighted by Gasteiger charge is 2.08. The van der Waals surface area contributed by atoms with Crippen LogP contribution in [0.5, 0.6) is 11.5 Å². The van der Waals surface area contributed by atoms with E-state index in [1.54, 1.807) is 24.3 Å². The summed E-state index contributed by atoms with van der Waals surface area (Å²) in [5.41, 5.74) is 2.12. The predicted molar refractivity (Wildman–Crippen MR) is 63.3 cm³/mol. The second kappa shape index (κ2) is 4.27. The van der Waals surface area contributed by atoms with Crippen LogP contribution in [0.15, 0.2) is 48.5 Å². The van der Waals surface area contributed by atoms with Gasteiger partial charge in [-0.05, 0) is 35.4 Å². The van der Waals surface area contributed by atoms with Gasteiger partial charge in [0.05, 0.1) is 0 Å². The van der Waals surface area contributed by atoms with E-state index in [9.17, 15) is 10.2 Å². The highest BCUT2D eigenvalue weighted by atomic mass is 16.3. The average molecular weight is 213 g/mol. The Morgan fingerprint density at radius 3 is 1.31 bits per heavy atom. The van der Waals surface area contributed by atoms with Crippen molar-refractivity contribution in [3.8, 4) is 11.5 Å². The topological polar surface area (TPSA) is 40.5 Å². The molecule has 2 heteroatoms. The molecular weight excluding hydrogens is 200 g/mol. The van der Waals surface area contributed by atoms with Gasteiger partial charge in [0.1, 0.15) is 11.5 Å². The number of phenolic OH excluding ortho intramolecular Hbond substituents is 2. The number of rotatable bonds is 2. The van der Waals surface area contributed by atoms with Crippen molar-refractivity contribution in [2.75, 3.05) is 0 Å². The first kappa shape index (κ1) is 10.6. The molecular formula is C14H13O2. The summed E-state index contributed by atoms with van der Waals surface area (Å²) in [7, 11) is 0. The first-order chi connectivity index (χ1) is 7.66. The smallest absolute Gasteiger partial charge is 0.115 e. The zero-order valence-corrected chi connectivity index (χ0v) is 9.01. The monoisotopic (exact) mass is 213 g/mol. The van der Waals surface area contributed by atoms with E-state index in [1.165, 1.54) is 0 Å². The van der Waals surface area contributed by atoms with Crippen molar-refractivity contribution in [1.82, 2.24) is 0 Å². The molecule has 0 atom stereocenters. The molecule has 2 rings (SSSR count). The number of hydrogen-bond acceptors (Lipinski definition) is 2. The summed E-state index contributed by atoms with van der Waals surface area (Å²) in [6, 6.07) is 14.2. The molecule has 2 nitrogen and oxygen atoms in total. The largest absolute Gasteiger partial charge is 0.508 e. The second-order valence-corrected chi connectivity index (χ2v) is 3.72. The summed E-state index contributed by atoms with van der Waals surface area (Å²) >= 11 is 0. The summed E-state index contributed by atoms with van der Waals surface area (Å²) < 4.78 is 0. The Balaban J connectivity index is 2.28. The second-order valence-electron chi connectivity index (χ2n) is 3.72. The molecule has 0 spiro atoms. The molecule has 0 fully saturated rings. The van der Waals surface area contributed by atoms with Gasteiger partial charge >= 0.3 is 0 Å². The van der Waals surface area contributed by atoms with Crippen molar-refractivity contribution >= 4 is 0 Å². The molecule has 0 unspecified atom stereocenters. The van der Waals surface area contributed by atoms with E-state index in [-0.39, 0.29) is 11.5 Å². The average Bonchev–Trinajstić information content (AvgIpc) is 2.30. The van der Waals surface area contributed by atoms with Gasteiger partial charge in [0.2, 0.25) is 0 Å². The van der Waals surface area contributed by atoms with Crippen molar-refractivity contribution < 1.29 is 10.2 Å². The van der Waals surface area contributed by atoms with Gasteiger partial charge in [-0.15, -0.1) is 0 Å². The Hall–Kier alpha value is -1.96. The van der Waals surface area contributed by atoms with Gasteiger partial charge in [-0.3, -0.25) is 0 Å². The van der Waals surface area contributed by atoms with Gasteiger partial charge in [0, 0.05) is 5.92 Å². The molecule has 2 aromatic carbocycles. The SMILES string of the molecule is C[C](c1ccc(O)cc1)c1ccc(O)cc1. The molecule has 1 radical (unpaired) electrons. The van der Waals surface area contributed by atoms with Crippen LogP contribution in [0.4, 0.5) is 0 Å². The van der Waals surface area contributed by atoms with Crippen molar-refractivity contribution in [2.24, 2.45) is 0 Å². The van der Waals surface area contributed by atoms with Crippen LogP contribution in [-0.2, 0) is 0 Å². The van der Waals surface area contributed by atoms with E-state index < -0.39 is 0 Å². The van der Waals surface area contributed by atoms with E-state index in [4.69, 9.17) is 0 Å². The Bertz CT molecular complexity index is 412. The lowest BCUT2D eigenvalue weighted by Crippen LogP contribution is -1.96. The van der Waals surface area contributed by atoms with Crippen LogP contribution < -0.4 is 0 Å². The summed E-state index contributed by atoms with van der Waals surface area (Å²) in [6.07, 6.45) is 0. The van der Waals surface area contributed by atoms with Gasteiger partial charge in [0.15, 0.2) is 0 Å². The van der Waals surface area contributed by atoms with Crippen LogP contribution in [-0.4, -0.2) is 10.2 Å². The Labute approximate surface area is 94.8 Å². The van der Waals surface area contributed by atoms with Crippen molar-refractivity contribution in [3.63, 3.8) is 0 Å². The molecule has 0 aliphatic rings. The number of hydrogen-bond donors (Lipinski definition) is 2. The normalized spacial score (nSPS) is 10.6. The summed E-state index contributed by atoms with van der Waals surface area (Å²) in [5.74, 6) is 1.64. The van der Waals surface area contributed by atoms with Gasteiger partial charge in [0.25, 0.3) is 0 Å². The summed E-state index contributed by atoms with van der Waals surface area (Å²) in [4.78, 5) is 0. The maximum atomic E-state index is 9.20.